The summed E-state index contributed by atoms with van der Waals surface area (Å²) < 4.78 is 0. The molecule has 1 aliphatic rings. The summed E-state index contributed by atoms with van der Waals surface area (Å²) in [5.74, 6) is 2.34. The molecule has 1 aromatic rings. The average molecular weight is 264 g/mol. The van der Waals surface area contributed by atoms with Crippen LogP contribution in [0.2, 0.25) is 0 Å². The summed E-state index contributed by atoms with van der Waals surface area (Å²) in [5, 5.41) is 9.20. The van der Waals surface area contributed by atoms with Gasteiger partial charge in [0.05, 0.1) is 0 Å². The molecule has 2 heterocycles. The summed E-state index contributed by atoms with van der Waals surface area (Å²) in [6.07, 6.45) is 5.04. The van der Waals surface area contributed by atoms with Crippen molar-refractivity contribution in [1.29, 1.82) is 0 Å². The zero-order chi connectivity index (χ0) is 13.7. The lowest BCUT2D eigenvalue weighted by Crippen LogP contribution is -2.24. The molecular weight excluding hydrogens is 240 g/mol. The van der Waals surface area contributed by atoms with Crippen molar-refractivity contribution in [2.24, 2.45) is 5.92 Å². The molecule has 0 bridgehead atoms. The number of aliphatic hydroxyl groups is 1. The second-order valence-corrected chi connectivity index (χ2v) is 5.29. The lowest BCUT2D eigenvalue weighted by Gasteiger charge is -2.21. The summed E-state index contributed by atoms with van der Waals surface area (Å²) >= 11 is 0. The van der Waals surface area contributed by atoms with Crippen LogP contribution in [0, 0.1) is 5.92 Å². The van der Waals surface area contributed by atoms with Crippen molar-refractivity contribution in [1.82, 2.24) is 9.97 Å². The van der Waals surface area contributed by atoms with Crippen LogP contribution in [0.3, 0.4) is 0 Å². The maximum Gasteiger partial charge on any atom is 0.134 e. The lowest BCUT2D eigenvalue weighted by molar-refractivity contribution is 0.238. The fourth-order valence-electron chi connectivity index (χ4n) is 2.42. The van der Waals surface area contributed by atoms with Crippen molar-refractivity contribution in [2.75, 3.05) is 43.1 Å². The van der Waals surface area contributed by atoms with E-state index >= 15 is 0 Å². The molecule has 5 heteroatoms. The van der Waals surface area contributed by atoms with E-state index in [1.165, 1.54) is 12.8 Å². The van der Waals surface area contributed by atoms with Gasteiger partial charge >= 0.3 is 0 Å². The maximum absolute atomic E-state index is 9.20. The van der Waals surface area contributed by atoms with Gasteiger partial charge in [0.15, 0.2) is 0 Å². The van der Waals surface area contributed by atoms with E-state index in [0.29, 0.717) is 5.92 Å². The zero-order valence-corrected chi connectivity index (χ0v) is 11.9. The smallest absolute Gasteiger partial charge is 0.134 e. The van der Waals surface area contributed by atoms with Gasteiger partial charge in [0.2, 0.25) is 0 Å². The molecule has 1 unspecified atom stereocenters. The van der Waals surface area contributed by atoms with Gasteiger partial charge in [-0.3, -0.25) is 0 Å². The van der Waals surface area contributed by atoms with Crippen LogP contribution in [0.15, 0.2) is 12.4 Å². The molecule has 0 saturated carbocycles. The average Bonchev–Trinajstić information content (AvgIpc) is 2.94. The van der Waals surface area contributed by atoms with Gasteiger partial charge in [-0.2, -0.15) is 0 Å². The summed E-state index contributed by atoms with van der Waals surface area (Å²) in [6.45, 7) is 5.35. The number of aliphatic hydroxyl groups excluding tert-OH is 1. The van der Waals surface area contributed by atoms with E-state index in [-0.39, 0.29) is 6.61 Å². The molecule has 0 aliphatic carbocycles. The fourth-order valence-corrected chi connectivity index (χ4v) is 2.42. The fraction of sp³-hybridized carbons (Fsp3) is 0.714. The van der Waals surface area contributed by atoms with Crippen LogP contribution in [-0.4, -0.2) is 48.4 Å². The van der Waals surface area contributed by atoms with Gasteiger partial charge < -0.3 is 14.9 Å². The third kappa shape index (κ3) is 3.56. The standard InChI is InChI=1S/C14H24N4O/c1-3-4-6-17(2)13-8-14(16-11-15-13)18-7-5-12(9-18)10-19/h8,11-12,19H,3-7,9-10H2,1-2H3. The van der Waals surface area contributed by atoms with Crippen LogP contribution in [0.4, 0.5) is 11.6 Å². The van der Waals surface area contributed by atoms with Gasteiger partial charge in [-0.25, -0.2) is 9.97 Å². The molecule has 19 heavy (non-hydrogen) atoms. The molecule has 1 N–H and O–H groups in total. The first-order chi connectivity index (χ1) is 9.24. The molecule has 106 valence electrons. The molecule has 1 aromatic heterocycles. The number of hydrogen-bond acceptors (Lipinski definition) is 5. The highest BCUT2D eigenvalue weighted by atomic mass is 16.3. The van der Waals surface area contributed by atoms with Crippen LogP contribution < -0.4 is 9.80 Å². The summed E-state index contributed by atoms with van der Waals surface area (Å²) in [7, 11) is 2.07. The molecule has 2 rings (SSSR count). The van der Waals surface area contributed by atoms with Crippen LogP contribution >= 0.6 is 0 Å². The van der Waals surface area contributed by atoms with Crippen LogP contribution in [0.5, 0.6) is 0 Å². The number of unbranched alkanes of at least 4 members (excludes halogenated alkanes) is 1. The normalized spacial score (nSPS) is 18.9. The van der Waals surface area contributed by atoms with Crippen molar-refractivity contribution in [3.8, 4) is 0 Å². The monoisotopic (exact) mass is 264 g/mol. The summed E-state index contributed by atoms with van der Waals surface area (Å²) in [5.41, 5.74) is 0. The number of aromatic nitrogens is 2. The SMILES string of the molecule is CCCCN(C)c1cc(N2CCC(CO)C2)ncn1. The number of hydrogen-bond donors (Lipinski definition) is 1. The number of rotatable bonds is 6. The predicted octanol–water partition coefficient (Wildman–Crippen LogP) is 1.53. The Morgan fingerprint density at radius 1 is 1.47 bits per heavy atom. The Balaban J connectivity index is 2.03. The highest BCUT2D eigenvalue weighted by Crippen LogP contribution is 2.23. The molecule has 1 fully saturated rings. The molecule has 0 spiro atoms. The number of anilines is 2. The third-order valence-corrected chi connectivity index (χ3v) is 3.74. The molecule has 0 radical (unpaired) electrons. The van der Waals surface area contributed by atoms with Gasteiger partial charge in [-0.15, -0.1) is 0 Å². The Bertz CT molecular complexity index is 399. The molecule has 5 nitrogen and oxygen atoms in total. The first-order valence-electron chi connectivity index (χ1n) is 7.13. The Morgan fingerprint density at radius 3 is 3.00 bits per heavy atom. The van der Waals surface area contributed by atoms with E-state index in [1.807, 2.05) is 0 Å². The van der Waals surface area contributed by atoms with E-state index in [0.717, 1.165) is 37.7 Å². The second kappa shape index (κ2) is 6.70. The van der Waals surface area contributed by atoms with Crippen molar-refractivity contribution in [3.63, 3.8) is 0 Å². The van der Waals surface area contributed by atoms with E-state index in [4.69, 9.17) is 0 Å². The van der Waals surface area contributed by atoms with Gasteiger partial charge in [0, 0.05) is 45.3 Å². The summed E-state index contributed by atoms with van der Waals surface area (Å²) in [6, 6.07) is 2.05. The van der Waals surface area contributed by atoms with Crippen LogP contribution in [0.25, 0.3) is 0 Å². The minimum absolute atomic E-state index is 0.269. The van der Waals surface area contributed by atoms with E-state index in [9.17, 15) is 5.11 Å². The highest BCUT2D eigenvalue weighted by molar-refractivity contribution is 5.50. The molecule has 0 amide bonds. The Hall–Kier alpha value is -1.36. The van der Waals surface area contributed by atoms with Crippen LogP contribution in [-0.2, 0) is 0 Å². The maximum atomic E-state index is 9.20. The molecule has 0 aromatic carbocycles. The minimum Gasteiger partial charge on any atom is -0.396 e. The lowest BCUT2D eigenvalue weighted by atomic mass is 10.1. The predicted molar refractivity (Wildman–Crippen MR) is 77.6 cm³/mol. The second-order valence-electron chi connectivity index (χ2n) is 5.29. The van der Waals surface area contributed by atoms with Crippen LogP contribution in [0.1, 0.15) is 26.2 Å². The van der Waals surface area contributed by atoms with Gasteiger partial charge in [-0.05, 0) is 12.8 Å². The number of nitrogens with zero attached hydrogens (tertiary/aromatic N) is 4. The van der Waals surface area contributed by atoms with Crippen molar-refractivity contribution < 1.29 is 5.11 Å². The van der Waals surface area contributed by atoms with Gasteiger partial charge in [0.1, 0.15) is 18.0 Å². The Labute approximate surface area is 115 Å². The minimum atomic E-state index is 0.269. The molecular formula is C14H24N4O. The molecule has 1 saturated heterocycles. The zero-order valence-electron chi connectivity index (χ0n) is 11.9. The molecule has 1 atom stereocenters. The molecule has 1 aliphatic heterocycles. The van der Waals surface area contributed by atoms with E-state index in [1.54, 1.807) is 6.33 Å². The first-order valence-corrected chi connectivity index (χ1v) is 7.13. The quantitative estimate of drug-likeness (QED) is 0.844. The largest absolute Gasteiger partial charge is 0.396 e. The Kier molecular flexibility index (Phi) is 4.96. The summed E-state index contributed by atoms with van der Waals surface area (Å²) in [4.78, 5) is 13.1. The van der Waals surface area contributed by atoms with Gasteiger partial charge in [-0.1, -0.05) is 13.3 Å². The van der Waals surface area contributed by atoms with E-state index in [2.05, 4.69) is 39.8 Å². The third-order valence-electron chi connectivity index (χ3n) is 3.74. The Morgan fingerprint density at radius 2 is 2.32 bits per heavy atom. The van der Waals surface area contributed by atoms with E-state index < -0.39 is 0 Å². The first kappa shape index (κ1) is 14.1. The van der Waals surface area contributed by atoms with Crippen molar-refractivity contribution in [3.05, 3.63) is 12.4 Å². The van der Waals surface area contributed by atoms with Crippen molar-refractivity contribution in [2.45, 2.75) is 26.2 Å². The highest BCUT2D eigenvalue weighted by Gasteiger charge is 2.23. The topological polar surface area (TPSA) is 52.5 Å². The van der Waals surface area contributed by atoms with Crippen molar-refractivity contribution >= 4 is 11.6 Å². The van der Waals surface area contributed by atoms with Gasteiger partial charge in [0.25, 0.3) is 0 Å².